The van der Waals surface area contributed by atoms with E-state index in [1.807, 2.05) is 109 Å². The number of carbonyl (C=O) groups is 3. The van der Waals surface area contributed by atoms with Crippen molar-refractivity contribution in [3.63, 3.8) is 0 Å². The van der Waals surface area contributed by atoms with Crippen molar-refractivity contribution in [1.82, 2.24) is 28.7 Å². The highest BCUT2D eigenvalue weighted by Crippen LogP contribution is 2.60. The topological polar surface area (TPSA) is 175 Å². The monoisotopic (exact) mass is 1690 g/mol. The summed E-state index contributed by atoms with van der Waals surface area (Å²) in [4.78, 5) is 85.5. The molecule has 6 heterocycles. The molecule has 1 N–H and O–H groups in total. The van der Waals surface area contributed by atoms with Crippen LogP contribution in [0.4, 0.5) is 39.5 Å². The highest BCUT2D eigenvalue weighted by atomic mass is 19.2. The normalized spacial score (nSPS) is 18.5. The number of aromatic hydroxyl groups is 1. The number of hydrogen-bond acceptors (Lipinski definition) is 12. The smallest absolute Gasteiger partial charge is 0.278 e. The van der Waals surface area contributed by atoms with Crippen LogP contribution in [-0.4, -0.2) is 84.8 Å². The summed E-state index contributed by atoms with van der Waals surface area (Å²) in [6.45, 7) is 4.82. The van der Waals surface area contributed by atoms with Gasteiger partial charge in [-0.1, -0.05) is 166 Å². The number of carbonyl (C=O) groups excluding carboxylic acids is 3. The molecule has 12 aromatic rings. The Balaban J connectivity index is 0.000000123. The minimum atomic E-state index is -1.15. The van der Waals surface area contributed by atoms with E-state index in [9.17, 15) is 60.2 Å². The molecular weight excluding hydrogens is 1620 g/mol. The van der Waals surface area contributed by atoms with Gasteiger partial charge in [0.2, 0.25) is 16.3 Å². The Hall–Kier alpha value is -14.4. The molecule has 9 aromatic carbocycles. The van der Waals surface area contributed by atoms with Gasteiger partial charge in [0.25, 0.3) is 17.7 Å². The van der Waals surface area contributed by atoms with Crippen molar-refractivity contribution < 1.29 is 68.5 Å². The first-order chi connectivity index (χ1) is 60.5. The van der Waals surface area contributed by atoms with E-state index < -0.39 is 109 Å². The molecule has 0 radical (unpaired) electrons. The van der Waals surface area contributed by atoms with Crippen molar-refractivity contribution in [2.24, 2.45) is 0 Å². The fourth-order valence-electron chi connectivity index (χ4n) is 19.5. The summed E-state index contributed by atoms with van der Waals surface area (Å²) in [5.74, 6) is -9.10. The highest BCUT2D eigenvalue weighted by Gasteiger charge is 2.60. The van der Waals surface area contributed by atoms with E-state index >= 15 is 13.2 Å². The number of rotatable bonds is 17. The van der Waals surface area contributed by atoms with Crippen LogP contribution >= 0.6 is 0 Å². The molecule has 125 heavy (non-hydrogen) atoms. The van der Waals surface area contributed by atoms with Crippen LogP contribution in [0.2, 0.25) is 0 Å². The first-order valence-corrected chi connectivity index (χ1v) is 41.0. The highest BCUT2D eigenvalue weighted by molar-refractivity contribution is 5.99. The van der Waals surface area contributed by atoms with Crippen molar-refractivity contribution in [3.05, 3.63) is 419 Å². The molecule has 27 heteroatoms. The average molecular weight is 1690 g/mol. The molecule has 0 bridgehead atoms. The maximum absolute atomic E-state index is 15.4. The maximum Gasteiger partial charge on any atom is 0.278 e. The van der Waals surface area contributed by atoms with E-state index in [0.717, 1.165) is 87.2 Å². The summed E-state index contributed by atoms with van der Waals surface area (Å²) in [5, 5.41) is 16.5. The number of fused-ring (bicyclic) bond motifs is 18. The predicted molar refractivity (Wildman–Crippen MR) is 448 cm³/mol. The molecule has 3 amide bonds. The predicted octanol–water partition coefficient (Wildman–Crippen LogP) is 16.2. The number of unbranched alkanes of at least 4 members (excludes halogenated alkanes) is 2. The van der Waals surface area contributed by atoms with Gasteiger partial charge in [-0.05, 0) is 163 Å². The number of hydrogen-bond donors (Lipinski definition) is 1. The fraction of sp³-hybridized carbons (Fsp3) is 0.204. The molecule has 21 rings (SSSR count). The van der Waals surface area contributed by atoms with Crippen LogP contribution in [0.15, 0.2) is 250 Å². The van der Waals surface area contributed by atoms with Crippen molar-refractivity contribution in [3.8, 4) is 17.2 Å². The van der Waals surface area contributed by atoms with Gasteiger partial charge >= 0.3 is 0 Å². The number of benzene rings is 9. The number of ether oxygens (including phenoxy) is 2. The SMILES string of the molecule is CCCCOc1c2n(ccc1=O)N(C13C(=Cc4c1ccc(F)c4F)Cc1ccccc13)CN(Cc1ccc(F)cc1)C2=O.CCCCOc1c2n(ccc1=O)N(C13C(=Cc4ccccc41)Cc1c3ccc(F)c1F)CN(Cc1ccc(F)cc1)C2=O.O=C1c2c(O)c(=O)ccn2N(C23C(=Cc4ccccc42)Cc2c3ccc(F)c2F)CN1Cc1ccc(F)cc1. The van der Waals surface area contributed by atoms with Gasteiger partial charge in [0, 0.05) is 86.0 Å². The lowest BCUT2D eigenvalue weighted by Crippen LogP contribution is -2.62. The van der Waals surface area contributed by atoms with Crippen LogP contribution in [-0.2, 0) is 55.5 Å². The number of nitrogens with zero attached hydrogens (tertiary/aromatic N) is 9. The summed E-state index contributed by atoms with van der Waals surface area (Å²) in [6.07, 6.45) is 14.0. The second kappa shape index (κ2) is 31.2. The van der Waals surface area contributed by atoms with E-state index in [0.29, 0.717) is 52.6 Å². The molecule has 9 aliphatic rings. The lowest BCUT2D eigenvalue weighted by Gasteiger charge is -2.49. The Morgan fingerprint density at radius 3 is 1.15 bits per heavy atom. The van der Waals surface area contributed by atoms with Gasteiger partial charge in [0.1, 0.15) is 54.1 Å². The summed E-state index contributed by atoms with van der Waals surface area (Å²) < 4.78 is 147. The van der Waals surface area contributed by atoms with Crippen molar-refractivity contribution in [2.45, 2.75) is 95.0 Å². The summed E-state index contributed by atoms with van der Waals surface area (Å²) in [6, 6.07) is 52.5. The molecule has 18 nitrogen and oxygen atoms in total. The average Bonchev–Trinajstić information content (AvgIpc) is 1.54. The second-order valence-corrected chi connectivity index (χ2v) is 32.1. The summed E-state index contributed by atoms with van der Waals surface area (Å²) in [7, 11) is 0. The van der Waals surface area contributed by atoms with Crippen molar-refractivity contribution >= 4 is 35.9 Å². The summed E-state index contributed by atoms with van der Waals surface area (Å²) in [5.41, 5.74) is 6.93. The lowest BCUT2D eigenvalue weighted by atomic mass is 9.83. The van der Waals surface area contributed by atoms with Gasteiger partial charge in [0.05, 0.1) is 13.2 Å². The maximum atomic E-state index is 15.4. The third-order valence-corrected chi connectivity index (χ3v) is 25.1. The number of amides is 3. The fourth-order valence-corrected chi connectivity index (χ4v) is 19.5. The Morgan fingerprint density at radius 2 is 0.720 bits per heavy atom. The summed E-state index contributed by atoms with van der Waals surface area (Å²) >= 11 is 0. The molecule has 3 aliphatic heterocycles. The Morgan fingerprint density at radius 1 is 0.360 bits per heavy atom. The van der Waals surface area contributed by atoms with Crippen LogP contribution in [0.1, 0.15) is 154 Å². The van der Waals surface area contributed by atoms with E-state index in [2.05, 4.69) is 0 Å². The molecule has 630 valence electrons. The second-order valence-electron chi connectivity index (χ2n) is 32.1. The van der Waals surface area contributed by atoms with E-state index in [-0.39, 0.29) is 111 Å². The molecule has 0 spiro atoms. The first kappa shape index (κ1) is 80.4. The molecular formula is C98H76F9N9O9. The third kappa shape index (κ3) is 12.7. The zero-order valence-corrected chi connectivity index (χ0v) is 67.3. The molecule has 3 unspecified atom stereocenters. The van der Waals surface area contributed by atoms with Gasteiger partial charge in [-0.25, -0.2) is 39.5 Å². The quantitative estimate of drug-likeness (QED) is 0.0676. The Bertz CT molecular complexity index is 6670. The number of halogens is 9. The van der Waals surface area contributed by atoms with Crippen molar-refractivity contribution in [1.29, 1.82) is 0 Å². The van der Waals surface area contributed by atoms with Gasteiger partial charge in [-0.15, -0.1) is 0 Å². The Kier molecular flexibility index (Phi) is 20.1. The molecule has 3 atom stereocenters. The zero-order chi connectivity index (χ0) is 86.8. The lowest BCUT2D eigenvalue weighted by molar-refractivity contribution is 0.0643. The Labute approximate surface area is 709 Å². The number of aromatic nitrogens is 3. The minimum Gasteiger partial charge on any atom is -0.502 e. The molecule has 0 saturated carbocycles. The third-order valence-electron chi connectivity index (χ3n) is 25.1. The van der Waals surface area contributed by atoms with E-state index in [1.54, 1.807) is 97.2 Å². The van der Waals surface area contributed by atoms with Gasteiger partial charge < -0.3 is 29.3 Å². The van der Waals surface area contributed by atoms with Crippen LogP contribution < -0.4 is 40.8 Å². The van der Waals surface area contributed by atoms with E-state index in [1.165, 1.54) is 64.3 Å². The molecule has 0 saturated heterocycles. The van der Waals surface area contributed by atoms with Crippen LogP contribution in [0.25, 0.3) is 18.2 Å². The van der Waals surface area contributed by atoms with E-state index in [4.69, 9.17) is 9.47 Å². The van der Waals surface area contributed by atoms with Gasteiger partial charge in [-0.3, -0.25) is 57.8 Å². The van der Waals surface area contributed by atoms with Crippen molar-refractivity contribution in [2.75, 3.05) is 48.2 Å². The standard InChI is InChI=1S/2C34H28F3N3O3.C30H20F3N3O3/c2*1-2-3-16-43-32-29(41)14-15-39-31(32)33(42)38(19-21-8-10-24(35)11-9-21)20-40(39)34-23(17-22-6-4-5-7-26(22)34)18-25-27(34)12-13-28(36)30(25)37;31-20-7-5-17(6-8-20)15-34-16-36(35-12-11-25(37)28(38)27(35)29(34)39)30-19(13-18-3-1-2-4-22(18)30)14-21-23(30)9-10-24(32)26(21)33/h4-15,18H,2-3,16-17,19-20H2,1H3;4-15,17H,2-3,16,18-20H2,1H3;1-13,38H,14-16H2. The van der Waals surface area contributed by atoms with Crippen LogP contribution in [0.3, 0.4) is 0 Å². The van der Waals surface area contributed by atoms with Gasteiger partial charge in [-0.2, -0.15) is 0 Å². The molecule has 0 fully saturated rings. The van der Waals surface area contributed by atoms with Gasteiger partial charge in [0.15, 0.2) is 69.2 Å². The molecule has 3 aromatic heterocycles. The zero-order valence-electron chi connectivity index (χ0n) is 67.3. The van der Waals surface area contributed by atoms with Crippen LogP contribution in [0.5, 0.6) is 17.2 Å². The molecule has 6 aliphatic carbocycles. The largest absolute Gasteiger partial charge is 0.502 e. The minimum absolute atomic E-state index is 0.0321. The number of pyridine rings is 3. The first-order valence-electron chi connectivity index (χ1n) is 41.0. The van der Waals surface area contributed by atoms with Crippen LogP contribution in [0, 0.1) is 52.4 Å².